The fraction of sp³-hybridized carbons (Fsp3) is 0.586. The standard InChI is InChI=1S/C29H44O2.3Mg.2H3O4P/c1-26(2,3)20-14-18(24(30)22(16-20)28(7,8)9)13-19-15-21(27(4,5)6)17-23(25(19)31)29(10,11)12;;;;2*1-5(2,3)4/h14-17,30-31H,13H2,1-12H3;;;;2*(H3,1,2,3,4)/q;3*+2;;/p-6. The molecule has 0 saturated heterocycles. The van der Waals surface area contributed by atoms with E-state index in [-0.39, 0.29) is 90.8 Å². The summed E-state index contributed by atoms with van der Waals surface area (Å²) >= 11 is 0. The third-order valence-electron chi connectivity index (χ3n) is 6.11. The molecule has 0 bridgehead atoms. The Morgan fingerprint density at radius 2 is 0.705 bits per heavy atom. The molecule has 0 amide bonds. The van der Waals surface area contributed by atoms with Crippen molar-refractivity contribution in [2.75, 3.05) is 0 Å². The van der Waals surface area contributed by atoms with E-state index in [1.54, 1.807) is 0 Å². The van der Waals surface area contributed by atoms with E-state index < -0.39 is 15.6 Å². The monoisotopic (exact) mass is 686 g/mol. The second-order valence-corrected chi connectivity index (χ2v) is 15.9. The molecule has 0 spiro atoms. The second kappa shape index (κ2) is 18.4. The number of phosphoric acid groups is 2. The Kier molecular flexibility index (Phi) is 21.4. The molecular weight excluding hydrogens is 643 g/mol. The van der Waals surface area contributed by atoms with Gasteiger partial charge < -0.3 is 48.7 Å². The normalized spacial score (nSPS) is 12.2. The summed E-state index contributed by atoms with van der Waals surface area (Å²) in [4.78, 5) is 51.3. The van der Waals surface area contributed by atoms with Crippen LogP contribution in [0.2, 0.25) is 0 Å². The van der Waals surface area contributed by atoms with Crippen LogP contribution in [-0.4, -0.2) is 79.4 Å². The number of phenols is 2. The van der Waals surface area contributed by atoms with Crippen molar-refractivity contribution < 1.29 is 48.7 Å². The summed E-state index contributed by atoms with van der Waals surface area (Å²) < 4.78 is 17.1. The molecule has 236 valence electrons. The van der Waals surface area contributed by atoms with Gasteiger partial charge in [-0.05, 0) is 55.0 Å². The van der Waals surface area contributed by atoms with Crippen LogP contribution in [-0.2, 0) is 37.2 Å². The number of aromatic hydroxyl groups is 2. The average Bonchev–Trinajstić information content (AvgIpc) is 2.64. The van der Waals surface area contributed by atoms with Gasteiger partial charge in [0.25, 0.3) is 0 Å². The van der Waals surface area contributed by atoms with Gasteiger partial charge in [-0.15, -0.1) is 0 Å². The summed E-state index contributed by atoms with van der Waals surface area (Å²) in [5, 5.41) is 22.5. The molecular formula is C29H44Mg3O10P2. The molecule has 0 atom stereocenters. The van der Waals surface area contributed by atoms with Crippen LogP contribution in [0.25, 0.3) is 0 Å². The first-order valence-corrected chi connectivity index (χ1v) is 15.8. The van der Waals surface area contributed by atoms with Gasteiger partial charge in [-0.1, -0.05) is 107 Å². The minimum Gasteiger partial charge on any atom is -0.822 e. The molecule has 0 aliphatic carbocycles. The van der Waals surface area contributed by atoms with Crippen LogP contribution in [0.15, 0.2) is 24.3 Å². The number of hydrogen-bond acceptors (Lipinski definition) is 10. The molecule has 0 heterocycles. The van der Waals surface area contributed by atoms with E-state index in [4.69, 9.17) is 38.5 Å². The third kappa shape index (κ3) is 20.0. The van der Waals surface area contributed by atoms with Crippen molar-refractivity contribution >= 4 is 84.8 Å². The van der Waals surface area contributed by atoms with E-state index in [9.17, 15) is 10.2 Å². The van der Waals surface area contributed by atoms with E-state index >= 15 is 0 Å². The zero-order valence-electron chi connectivity index (χ0n) is 28.2. The molecule has 0 fully saturated rings. The summed E-state index contributed by atoms with van der Waals surface area (Å²) in [7, 11) is -10.8. The van der Waals surface area contributed by atoms with Gasteiger partial charge in [0.15, 0.2) is 0 Å². The SMILES string of the molecule is CC(C)(C)c1cc(Cc2cc(C(C)(C)C)cc(C(C)(C)C)c2O)c(O)c(C(C)(C)C)c1.O=P([O-])([O-])[O-].O=P([O-])([O-])[O-].[Mg+2].[Mg+2].[Mg+2]. The molecule has 0 saturated carbocycles. The zero-order valence-corrected chi connectivity index (χ0v) is 34.2. The molecule has 0 radical (unpaired) electrons. The first kappa shape index (κ1) is 51.4. The van der Waals surface area contributed by atoms with E-state index in [1.807, 2.05) is 0 Å². The van der Waals surface area contributed by atoms with E-state index in [2.05, 4.69) is 107 Å². The molecule has 0 aromatic heterocycles. The second-order valence-electron chi connectivity index (χ2n) is 14.1. The summed E-state index contributed by atoms with van der Waals surface area (Å²) in [5.74, 6) is 0.691. The number of rotatable bonds is 2. The van der Waals surface area contributed by atoms with Gasteiger partial charge in [-0.25, -0.2) is 0 Å². The van der Waals surface area contributed by atoms with Gasteiger partial charge in [0.05, 0.1) is 0 Å². The summed E-state index contributed by atoms with van der Waals surface area (Å²) in [6, 6.07) is 8.52. The predicted octanol–water partition coefficient (Wildman–Crippen LogP) is 1.09. The van der Waals surface area contributed by atoms with Crippen LogP contribution >= 0.6 is 15.6 Å². The number of phenolic OH excluding ortho intramolecular Hbond substituents is 2. The molecule has 0 unspecified atom stereocenters. The van der Waals surface area contributed by atoms with Crippen LogP contribution in [0.4, 0.5) is 0 Å². The molecule has 2 N–H and O–H groups in total. The molecule has 15 heteroatoms. The Morgan fingerprint density at radius 3 is 0.864 bits per heavy atom. The predicted molar refractivity (Wildman–Crippen MR) is 166 cm³/mol. The van der Waals surface area contributed by atoms with Crippen molar-refractivity contribution in [2.24, 2.45) is 0 Å². The van der Waals surface area contributed by atoms with Crippen molar-refractivity contribution in [3.63, 3.8) is 0 Å². The van der Waals surface area contributed by atoms with Gasteiger partial charge in [-0.3, -0.25) is 0 Å². The van der Waals surface area contributed by atoms with E-state index in [0.29, 0.717) is 17.9 Å². The van der Waals surface area contributed by atoms with Crippen LogP contribution in [0.3, 0.4) is 0 Å². The topological polar surface area (TPSA) is 213 Å². The Labute approximate surface area is 311 Å². The van der Waals surface area contributed by atoms with Crippen LogP contribution < -0.4 is 29.4 Å². The van der Waals surface area contributed by atoms with Crippen molar-refractivity contribution in [1.29, 1.82) is 0 Å². The summed E-state index contributed by atoms with van der Waals surface area (Å²) in [5.41, 5.74) is 5.65. The Morgan fingerprint density at radius 1 is 0.500 bits per heavy atom. The Balaban J connectivity index is -0.000000533. The van der Waals surface area contributed by atoms with Crippen LogP contribution in [0.5, 0.6) is 11.5 Å². The summed E-state index contributed by atoms with van der Waals surface area (Å²) in [6.07, 6.45) is 0.498. The van der Waals surface area contributed by atoms with Crippen molar-refractivity contribution in [3.05, 3.63) is 57.6 Å². The first-order valence-electron chi connectivity index (χ1n) is 12.9. The Hall–Kier alpha value is 0.559. The third-order valence-corrected chi connectivity index (χ3v) is 6.11. The van der Waals surface area contributed by atoms with Crippen LogP contribution in [0.1, 0.15) is 116 Å². The first-order chi connectivity index (χ1) is 17.7. The number of hydrogen-bond donors (Lipinski definition) is 2. The molecule has 2 rings (SSSR count). The molecule has 2 aromatic rings. The molecule has 44 heavy (non-hydrogen) atoms. The van der Waals surface area contributed by atoms with Gasteiger partial charge in [-0.2, -0.15) is 15.6 Å². The molecule has 0 aliphatic heterocycles. The van der Waals surface area contributed by atoms with Crippen molar-refractivity contribution in [1.82, 2.24) is 0 Å². The largest absolute Gasteiger partial charge is 2.00 e. The fourth-order valence-electron chi connectivity index (χ4n) is 3.87. The number of benzene rings is 2. The van der Waals surface area contributed by atoms with Gasteiger partial charge in [0.1, 0.15) is 11.5 Å². The maximum absolute atomic E-state index is 11.2. The summed E-state index contributed by atoms with van der Waals surface area (Å²) in [6.45, 7) is 26.0. The van der Waals surface area contributed by atoms with E-state index in [0.717, 1.165) is 22.3 Å². The molecule has 10 nitrogen and oxygen atoms in total. The van der Waals surface area contributed by atoms with Crippen molar-refractivity contribution in [2.45, 2.75) is 111 Å². The minimum atomic E-state index is -5.39. The zero-order chi connectivity index (χ0) is 33.2. The maximum Gasteiger partial charge on any atom is 2.00 e. The van der Waals surface area contributed by atoms with Gasteiger partial charge in [0.2, 0.25) is 0 Å². The van der Waals surface area contributed by atoms with Gasteiger partial charge >= 0.3 is 69.2 Å². The van der Waals surface area contributed by atoms with Crippen LogP contribution in [0, 0.1) is 0 Å². The Bertz CT molecular complexity index is 1180. The smallest absolute Gasteiger partial charge is 0.822 e. The van der Waals surface area contributed by atoms with Gasteiger partial charge in [0, 0.05) is 6.42 Å². The van der Waals surface area contributed by atoms with E-state index in [1.165, 1.54) is 11.1 Å². The maximum atomic E-state index is 11.2. The average molecular weight is 688 g/mol. The minimum absolute atomic E-state index is 0. The molecule has 2 aromatic carbocycles. The fourth-order valence-corrected chi connectivity index (χ4v) is 3.87. The molecule has 0 aliphatic rings. The quantitative estimate of drug-likeness (QED) is 0.339. The van der Waals surface area contributed by atoms with Crippen molar-refractivity contribution in [3.8, 4) is 11.5 Å².